The summed E-state index contributed by atoms with van der Waals surface area (Å²) in [5.41, 5.74) is 0.292. The highest BCUT2D eigenvalue weighted by molar-refractivity contribution is 5.94. The van der Waals surface area contributed by atoms with E-state index in [4.69, 9.17) is 9.84 Å². The highest BCUT2D eigenvalue weighted by atomic mass is 16.6. The SMILES string of the molecule is COc1ccc(C(=O)NC2CCC(=O)N3CNCC(C(=O)NC(C=O)CC(=O)O)C[N+]23[O-])cc1. The van der Waals surface area contributed by atoms with Crippen LogP contribution in [0.4, 0.5) is 0 Å². The molecule has 13 nitrogen and oxygen atoms in total. The summed E-state index contributed by atoms with van der Waals surface area (Å²) >= 11 is 0. The van der Waals surface area contributed by atoms with Crippen LogP contribution >= 0.6 is 0 Å². The van der Waals surface area contributed by atoms with Gasteiger partial charge in [-0.25, -0.2) is 4.76 Å². The average molecular weight is 477 g/mol. The van der Waals surface area contributed by atoms with E-state index in [1.165, 1.54) is 19.2 Å². The van der Waals surface area contributed by atoms with E-state index >= 15 is 0 Å². The van der Waals surface area contributed by atoms with Crippen LogP contribution in [0.5, 0.6) is 5.75 Å². The Labute approximate surface area is 195 Å². The number of amides is 3. The predicted octanol–water partition coefficient (Wildman–Crippen LogP) is -1.06. The summed E-state index contributed by atoms with van der Waals surface area (Å²) in [5.74, 6) is -3.32. The number of hydrogen-bond donors (Lipinski definition) is 4. The average Bonchev–Trinajstić information content (AvgIpc) is 3.00. The van der Waals surface area contributed by atoms with Crippen LogP contribution < -0.4 is 20.7 Å². The fourth-order valence-corrected chi connectivity index (χ4v) is 4.05. The van der Waals surface area contributed by atoms with E-state index in [0.29, 0.717) is 17.6 Å². The Morgan fingerprint density at radius 2 is 2.06 bits per heavy atom. The lowest BCUT2D eigenvalue weighted by molar-refractivity contribution is -1.01. The molecule has 4 unspecified atom stereocenters. The van der Waals surface area contributed by atoms with Crippen LogP contribution in [0.1, 0.15) is 29.6 Å². The molecule has 34 heavy (non-hydrogen) atoms. The standard InChI is InChI=1S/C21H27N5O8/c1-34-16-4-2-13(3-5-16)20(31)24-17-6-7-18(28)25-12-22-9-14(10-26(17,25)33)21(32)23-15(11-27)8-19(29)30/h2-5,11,14-15,17,22H,6-10,12H2,1H3,(H,23,32)(H,24,31)(H,29,30). The van der Waals surface area contributed by atoms with Crippen LogP contribution in [0.3, 0.4) is 0 Å². The van der Waals surface area contributed by atoms with Crippen LogP contribution in [-0.4, -0.2) is 83.9 Å². The molecule has 13 heteroatoms. The molecule has 0 aromatic heterocycles. The molecule has 4 atom stereocenters. The maximum absolute atomic E-state index is 14.0. The number of hydroxylamine groups is 2. The van der Waals surface area contributed by atoms with Crippen molar-refractivity contribution < 1.29 is 38.6 Å². The van der Waals surface area contributed by atoms with Gasteiger partial charge in [-0.1, -0.05) is 0 Å². The number of benzene rings is 1. The first kappa shape index (κ1) is 25.1. The number of methoxy groups -OCH3 is 1. The van der Waals surface area contributed by atoms with Gasteiger partial charge in [-0.05, 0) is 24.3 Å². The minimum Gasteiger partial charge on any atom is -0.604 e. The Balaban J connectivity index is 1.79. The number of carboxylic acid groups (broad SMARTS) is 1. The Bertz CT molecular complexity index is 955. The van der Waals surface area contributed by atoms with E-state index in [0.717, 1.165) is 5.01 Å². The van der Waals surface area contributed by atoms with Crippen LogP contribution in [0, 0.1) is 11.1 Å². The Morgan fingerprint density at radius 1 is 1.35 bits per heavy atom. The van der Waals surface area contributed by atoms with Crippen LogP contribution in [-0.2, 0) is 19.2 Å². The molecule has 184 valence electrons. The number of carbonyl (C=O) groups excluding carboxylic acids is 4. The molecule has 0 bridgehead atoms. The van der Waals surface area contributed by atoms with E-state index in [1.54, 1.807) is 12.1 Å². The van der Waals surface area contributed by atoms with Crippen molar-refractivity contribution in [3.8, 4) is 5.75 Å². The van der Waals surface area contributed by atoms with Gasteiger partial charge in [-0.2, -0.15) is 5.01 Å². The molecule has 2 fully saturated rings. The molecule has 2 heterocycles. The Hall–Kier alpha value is -3.55. The van der Waals surface area contributed by atoms with Crippen LogP contribution in [0.25, 0.3) is 0 Å². The molecule has 3 amide bonds. The number of quaternary nitrogens is 1. The summed E-state index contributed by atoms with van der Waals surface area (Å²) in [6, 6.07) is 5.03. The molecule has 0 radical (unpaired) electrons. The number of aliphatic carboxylic acids is 1. The van der Waals surface area contributed by atoms with Gasteiger partial charge in [0.1, 0.15) is 31.2 Å². The second-order valence-corrected chi connectivity index (χ2v) is 8.15. The summed E-state index contributed by atoms with van der Waals surface area (Å²) in [4.78, 5) is 60.1. The largest absolute Gasteiger partial charge is 0.604 e. The molecule has 2 saturated heterocycles. The highest BCUT2D eigenvalue weighted by Gasteiger charge is 2.48. The molecule has 2 aliphatic rings. The van der Waals surface area contributed by atoms with Gasteiger partial charge >= 0.3 is 5.97 Å². The molecule has 1 aromatic carbocycles. The number of nitrogens with zero attached hydrogens (tertiary/aromatic N) is 2. The molecular weight excluding hydrogens is 450 g/mol. The van der Waals surface area contributed by atoms with Gasteiger partial charge in [-0.15, -0.1) is 0 Å². The third-order valence-corrected chi connectivity index (χ3v) is 5.86. The summed E-state index contributed by atoms with van der Waals surface area (Å²) in [6.07, 6.45) is -1.21. The molecule has 0 spiro atoms. The second-order valence-electron chi connectivity index (χ2n) is 8.15. The van der Waals surface area contributed by atoms with Crippen molar-refractivity contribution in [2.75, 3.05) is 26.9 Å². The van der Waals surface area contributed by atoms with Gasteiger partial charge in [0.25, 0.3) is 11.8 Å². The van der Waals surface area contributed by atoms with Crippen LogP contribution in [0.2, 0.25) is 0 Å². The van der Waals surface area contributed by atoms with Gasteiger partial charge < -0.3 is 30.5 Å². The molecule has 3 rings (SSSR count). The number of rotatable bonds is 8. The van der Waals surface area contributed by atoms with Crippen molar-refractivity contribution in [2.45, 2.75) is 31.5 Å². The van der Waals surface area contributed by atoms with E-state index in [9.17, 15) is 29.2 Å². The van der Waals surface area contributed by atoms with E-state index in [-0.39, 0.29) is 26.1 Å². The number of carboxylic acids is 1. The van der Waals surface area contributed by atoms with Gasteiger partial charge in [0.2, 0.25) is 5.91 Å². The maximum Gasteiger partial charge on any atom is 0.305 e. The number of fused-ring (bicyclic) bond motifs is 1. The first-order valence-corrected chi connectivity index (χ1v) is 10.7. The number of carbonyl (C=O) groups is 5. The lowest BCUT2D eigenvalue weighted by atomic mass is 10.1. The molecule has 4 N–H and O–H groups in total. The quantitative estimate of drug-likeness (QED) is 0.206. The topological polar surface area (TPSA) is 177 Å². The maximum atomic E-state index is 14.0. The third-order valence-electron chi connectivity index (χ3n) is 5.86. The number of nitrogens with one attached hydrogen (secondary N) is 3. The van der Waals surface area contributed by atoms with Crippen molar-refractivity contribution >= 4 is 30.0 Å². The Morgan fingerprint density at radius 3 is 2.68 bits per heavy atom. The molecule has 0 aliphatic carbocycles. The van der Waals surface area contributed by atoms with Gasteiger partial charge in [-0.3, -0.25) is 24.5 Å². The molecular formula is C21H27N5O8. The van der Waals surface area contributed by atoms with E-state index < -0.39 is 59.5 Å². The molecule has 0 saturated carbocycles. The molecule has 2 aliphatic heterocycles. The zero-order valence-corrected chi connectivity index (χ0v) is 18.6. The minimum absolute atomic E-state index is 0.0235. The number of hydrogen-bond acceptors (Lipinski definition) is 8. The lowest BCUT2D eigenvalue weighted by Crippen LogP contribution is -2.72. The minimum atomic E-state index is -1.28. The zero-order valence-electron chi connectivity index (χ0n) is 18.6. The fraction of sp³-hybridized carbons (Fsp3) is 0.476. The van der Waals surface area contributed by atoms with Crippen LogP contribution in [0.15, 0.2) is 24.3 Å². The first-order valence-electron chi connectivity index (χ1n) is 10.7. The molecule has 1 aromatic rings. The van der Waals surface area contributed by atoms with Crippen molar-refractivity contribution in [1.82, 2.24) is 21.0 Å². The van der Waals surface area contributed by atoms with E-state index in [2.05, 4.69) is 16.0 Å². The summed E-state index contributed by atoms with van der Waals surface area (Å²) in [5, 5.41) is 31.8. The first-order chi connectivity index (χ1) is 16.2. The summed E-state index contributed by atoms with van der Waals surface area (Å²) in [6.45, 7) is -0.500. The predicted molar refractivity (Wildman–Crippen MR) is 115 cm³/mol. The van der Waals surface area contributed by atoms with Gasteiger partial charge in [0.05, 0.1) is 19.6 Å². The normalized spacial score (nSPS) is 25.4. The summed E-state index contributed by atoms with van der Waals surface area (Å²) in [7, 11) is 1.49. The van der Waals surface area contributed by atoms with Crippen molar-refractivity contribution in [2.24, 2.45) is 5.92 Å². The number of ether oxygens (including phenoxy) is 1. The van der Waals surface area contributed by atoms with Crippen molar-refractivity contribution in [3.63, 3.8) is 0 Å². The zero-order chi connectivity index (χ0) is 24.9. The van der Waals surface area contributed by atoms with E-state index in [1.807, 2.05) is 0 Å². The van der Waals surface area contributed by atoms with Crippen molar-refractivity contribution in [3.05, 3.63) is 35.0 Å². The Kier molecular flexibility index (Phi) is 7.81. The third kappa shape index (κ3) is 5.50. The monoisotopic (exact) mass is 477 g/mol. The highest BCUT2D eigenvalue weighted by Crippen LogP contribution is 2.29. The summed E-state index contributed by atoms with van der Waals surface area (Å²) < 4.78 is 3.79. The lowest BCUT2D eigenvalue weighted by Gasteiger charge is -2.55. The van der Waals surface area contributed by atoms with Crippen molar-refractivity contribution in [1.29, 1.82) is 0 Å². The second kappa shape index (κ2) is 10.6. The number of aldehydes is 1. The fourth-order valence-electron chi connectivity index (χ4n) is 4.05. The smallest absolute Gasteiger partial charge is 0.305 e. The van der Waals surface area contributed by atoms with Gasteiger partial charge in [0.15, 0.2) is 6.17 Å². The van der Waals surface area contributed by atoms with Gasteiger partial charge in [0, 0.05) is 24.9 Å².